The third-order valence-electron chi connectivity index (χ3n) is 4.23. The van der Waals surface area contributed by atoms with Gasteiger partial charge in [0.25, 0.3) is 0 Å². The van der Waals surface area contributed by atoms with E-state index in [-0.39, 0.29) is 0 Å². The number of hydrogen-bond donors (Lipinski definition) is 1. The standard InChI is InChI=1S/C16H35N3/c1-6-9-18-11-13-19(14-12-18)10-8-15(17-7-2)16(3,4)5/h15,17H,6-14H2,1-5H3. The molecule has 0 aromatic carbocycles. The van der Waals surface area contributed by atoms with Gasteiger partial charge in [-0.2, -0.15) is 0 Å². The van der Waals surface area contributed by atoms with Crippen LogP contribution in [-0.4, -0.2) is 61.7 Å². The van der Waals surface area contributed by atoms with Gasteiger partial charge >= 0.3 is 0 Å². The Morgan fingerprint density at radius 2 is 1.47 bits per heavy atom. The molecule has 19 heavy (non-hydrogen) atoms. The molecule has 3 nitrogen and oxygen atoms in total. The van der Waals surface area contributed by atoms with E-state index in [0.717, 1.165) is 6.54 Å². The molecule has 0 bridgehead atoms. The second-order valence-electron chi connectivity index (χ2n) is 6.95. The van der Waals surface area contributed by atoms with Crippen molar-refractivity contribution >= 4 is 0 Å². The highest BCUT2D eigenvalue weighted by atomic mass is 15.3. The quantitative estimate of drug-likeness (QED) is 0.766. The molecule has 1 unspecified atom stereocenters. The van der Waals surface area contributed by atoms with Crippen LogP contribution >= 0.6 is 0 Å². The third-order valence-corrected chi connectivity index (χ3v) is 4.23. The van der Waals surface area contributed by atoms with E-state index >= 15 is 0 Å². The molecule has 0 aliphatic carbocycles. The number of hydrogen-bond acceptors (Lipinski definition) is 3. The Balaban J connectivity index is 2.28. The molecule has 1 atom stereocenters. The van der Waals surface area contributed by atoms with Crippen molar-refractivity contribution in [2.24, 2.45) is 5.41 Å². The lowest BCUT2D eigenvalue weighted by Gasteiger charge is -2.37. The molecule has 0 spiro atoms. The minimum Gasteiger partial charge on any atom is -0.314 e. The Morgan fingerprint density at radius 1 is 0.947 bits per heavy atom. The van der Waals surface area contributed by atoms with Crippen molar-refractivity contribution in [1.82, 2.24) is 15.1 Å². The monoisotopic (exact) mass is 269 g/mol. The number of nitrogens with one attached hydrogen (secondary N) is 1. The molecule has 0 amide bonds. The van der Waals surface area contributed by atoms with E-state index < -0.39 is 0 Å². The van der Waals surface area contributed by atoms with E-state index in [1.807, 2.05) is 0 Å². The molecular weight excluding hydrogens is 234 g/mol. The second kappa shape index (κ2) is 8.23. The van der Waals surface area contributed by atoms with Gasteiger partial charge in [0.1, 0.15) is 0 Å². The Labute approximate surface area is 120 Å². The summed E-state index contributed by atoms with van der Waals surface area (Å²) in [5.74, 6) is 0. The molecule has 1 aliphatic rings. The summed E-state index contributed by atoms with van der Waals surface area (Å²) in [7, 11) is 0. The van der Waals surface area contributed by atoms with Crippen molar-refractivity contribution in [1.29, 1.82) is 0 Å². The van der Waals surface area contributed by atoms with E-state index in [2.05, 4.69) is 49.7 Å². The molecule has 1 saturated heterocycles. The van der Waals surface area contributed by atoms with Gasteiger partial charge in [0.15, 0.2) is 0 Å². The highest BCUT2D eigenvalue weighted by Gasteiger charge is 2.24. The predicted molar refractivity (Wildman–Crippen MR) is 84.7 cm³/mol. The van der Waals surface area contributed by atoms with Crippen molar-refractivity contribution in [3.8, 4) is 0 Å². The maximum absolute atomic E-state index is 3.65. The lowest BCUT2D eigenvalue weighted by Crippen LogP contribution is -2.49. The molecule has 1 aliphatic heterocycles. The molecule has 1 rings (SSSR count). The topological polar surface area (TPSA) is 18.5 Å². The minimum absolute atomic E-state index is 0.361. The molecule has 0 aromatic rings. The van der Waals surface area contributed by atoms with Crippen molar-refractivity contribution in [2.45, 2.75) is 53.5 Å². The lowest BCUT2D eigenvalue weighted by molar-refractivity contribution is 0.121. The first-order valence-corrected chi connectivity index (χ1v) is 8.15. The lowest BCUT2D eigenvalue weighted by atomic mass is 9.84. The number of nitrogens with zero attached hydrogens (tertiary/aromatic N) is 2. The summed E-state index contributed by atoms with van der Waals surface area (Å²) in [5.41, 5.74) is 0.361. The van der Waals surface area contributed by atoms with Crippen LogP contribution in [0, 0.1) is 5.41 Å². The Morgan fingerprint density at radius 3 is 1.89 bits per heavy atom. The van der Waals surface area contributed by atoms with E-state index in [1.165, 1.54) is 52.1 Å². The van der Waals surface area contributed by atoms with Crippen molar-refractivity contribution in [2.75, 3.05) is 45.8 Å². The van der Waals surface area contributed by atoms with E-state index in [9.17, 15) is 0 Å². The molecule has 1 heterocycles. The largest absolute Gasteiger partial charge is 0.314 e. The third kappa shape index (κ3) is 6.24. The van der Waals surface area contributed by atoms with Crippen LogP contribution < -0.4 is 5.32 Å². The summed E-state index contributed by atoms with van der Waals surface area (Å²) in [6.45, 7) is 20.1. The zero-order valence-corrected chi connectivity index (χ0v) is 13.8. The van der Waals surface area contributed by atoms with E-state index in [0.29, 0.717) is 11.5 Å². The zero-order valence-electron chi connectivity index (χ0n) is 13.8. The maximum atomic E-state index is 3.65. The van der Waals surface area contributed by atoms with Crippen LogP contribution in [0.4, 0.5) is 0 Å². The molecule has 0 radical (unpaired) electrons. The van der Waals surface area contributed by atoms with Gasteiger partial charge in [0.2, 0.25) is 0 Å². The predicted octanol–water partition coefficient (Wildman–Crippen LogP) is 2.43. The van der Waals surface area contributed by atoms with Gasteiger partial charge in [0, 0.05) is 32.2 Å². The maximum Gasteiger partial charge on any atom is 0.0128 e. The fourth-order valence-electron chi connectivity index (χ4n) is 2.95. The van der Waals surface area contributed by atoms with Crippen LogP contribution in [0.2, 0.25) is 0 Å². The smallest absolute Gasteiger partial charge is 0.0128 e. The van der Waals surface area contributed by atoms with Crippen molar-refractivity contribution < 1.29 is 0 Å². The fraction of sp³-hybridized carbons (Fsp3) is 1.00. The Kier molecular flexibility index (Phi) is 7.33. The fourth-order valence-corrected chi connectivity index (χ4v) is 2.95. The van der Waals surface area contributed by atoms with Crippen LogP contribution in [-0.2, 0) is 0 Å². The minimum atomic E-state index is 0.361. The van der Waals surface area contributed by atoms with Gasteiger partial charge in [-0.05, 0) is 37.9 Å². The number of rotatable bonds is 7. The first-order chi connectivity index (χ1) is 8.97. The van der Waals surface area contributed by atoms with Crippen LogP contribution in [0.3, 0.4) is 0 Å². The van der Waals surface area contributed by atoms with Crippen LogP contribution in [0.15, 0.2) is 0 Å². The first-order valence-electron chi connectivity index (χ1n) is 8.15. The molecule has 0 saturated carbocycles. The van der Waals surface area contributed by atoms with Crippen LogP contribution in [0.1, 0.15) is 47.5 Å². The summed E-state index contributed by atoms with van der Waals surface area (Å²) in [4.78, 5) is 5.24. The average Bonchev–Trinajstić information content (AvgIpc) is 2.35. The molecule has 1 N–H and O–H groups in total. The zero-order chi connectivity index (χ0) is 14.3. The van der Waals surface area contributed by atoms with Crippen LogP contribution in [0.25, 0.3) is 0 Å². The van der Waals surface area contributed by atoms with Crippen molar-refractivity contribution in [3.05, 3.63) is 0 Å². The summed E-state index contributed by atoms with van der Waals surface area (Å²) >= 11 is 0. The summed E-state index contributed by atoms with van der Waals surface area (Å²) in [6, 6.07) is 0.631. The van der Waals surface area contributed by atoms with Gasteiger partial charge in [0.05, 0.1) is 0 Å². The number of piperazine rings is 1. The summed E-state index contributed by atoms with van der Waals surface area (Å²) in [6.07, 6.45) is 2.55. The SMILES string of the molecule is CCCN1CCN(CCC(NCC)C(C)(C)C)CC1. The average molecular weight is 269 g/mol. The molecular formula is C16H35N3. The van der Waals surface area contributed by atoms with Gasteiger partial charge < -0.3 is 15.1 Å². The molecule has 114 valence electrons. The summed E-state index contributed by atoms with van der Waals surface area (Å²) in [5, 5.41) is 3.65. The second-order valence-corrected chi connectivity index (χ2v) is 6.95. The van der Waals surface area contributed by atoms with Gasteiger partial charge in [-0.15, -0.1) is 0 Å². The van der Waals surface area contributed by atoms with Gasteiger partial charge in [-0.1, -0.05) is 34.6 Å². The highest BCUT2D eigenvalue weighted by Crippen LogP contribution is 2.22. The van der Waals surface area contributed by atoms with Gasteiger partial charge in [-0.3, -0.25) is 0 Å². The molecule has 1 fully saturated rings. The highest BCUT2D eigenvalue weighted by molar-refractivity contribution is 4.82. The van der Waals surface area contributed by atoms with E-state index in [1.54, 1.807) is 0 Å². The van der Waals surface area contributed by atoms with Crippen LogP contribution in [0.5, 0.6) is 0 Å². The van der Waals surface area contributed by atoms with Crippen molar-refractivity contribution in [3.63, 3.8) is 0 Å². The van der Waals surface area contributed by atoms with E-state index in [4.69, 9.17) is 0 Å². The Bertz CT molecular complexity index is 227. The molecule has 3 heteroatoms. The Hall–Kier alpha value is -0.120. The first kappa shape index (κ1) is 16.9. The van der Waals surface area contributed by atoms with Gasteiger partial charge in [-0.25, -0.2) is 0 Å². The molecule has 0 aromatic heterocycles. The normalized spacial score (nSPS) is 20.7. The summed E-state index contributed by atoms with van der Waals surface area (Å²) < 4.78 is 0.